The number of hydroxylamine groups is 1. The van der Waals surface area contributed by atoms with Gasteiger partial charge in [0.15, 0.2) is 0 Å². The van der Waals surface area contributed by atoms with Gasteiger partial charge in [-0.05, 0) is 0 Å². The van der Waals surface area contributed by atoms with Gasteiger partial charge in [0.05, 0.1) is 0 Å². The lowest BCUT2D eigenvalue weighted by atomic mass is 11.3. The smallest absolute Gasteiger partial charge is 0.118 e. The Kier molecular flexibility index (Phi) is 14.1. The van der Waals surface area contributed by atoms with Gasteiger partial charge in [0, 0.05) is 7.11 Å². The Labute approximate surface area is 42.7 Å². The number of halogens is 1. The Bertz CT molecular complexity index is 19.0. The Hall–Kier alpha value is 0.170. The van der Waals surface area contributed by atoms with Gasteiger partial charge in [-0.1, -0.05) is 0 Å². The molecule has 0 spiro atoms. The summed E-state index contributed by atoms with van der Waals surface area (Å²) in [7, 11) is 1.49. The van der Waals surface area contributed by atoms with Crippen molar-refractivity contribution in [3.8, 4) is 0 Å². The summed E-state index contributed by atoms with van der Waals surface area (Å²) in [6, 6.07) is 0. The number of methoxy groups -OCH3 is 1. The molecule has 0 fully saturated rings. The molecule has 0 bridgehead atoms. The summed E-state index contributed by atoms with van der Waals surface area (Å²) in [6.45, 7) is 0.194. The highest BCUT2D eigenvalue weighted by Gasteiger charge is 1.63. The number of hydrogen-bond donors (Lipinski definition) is 2. The van der Waals surface area contributed by atoms with Crippen LogP contribution in [0, 0.1) is 0 Å². The molecular formula is C2H8ClNO2. The highest BCUT2D eigenvalue weighted by molar-refractivity contribution is 5.85. The normalized spacial score (nSPS) is 7.00. The fraction of sp³-hybridized carbons (Fsp3) is 1.00. The van der Waals surface area contributed by atoms with E-state index in [1.165, 1.54) is 7.11 Å². The van der Waals surface area contributed by atoms with Crippen molar-refractivity contribution in [1.29, 1.82) is 0 Å². The molecule has 0 unspecified atom stereocenters. The molecular weight excluding hydrogens is 105 g/mol. The van der Waals surface area contributed by atoms with E-state index < -0.39 is 0 Å². The molecule has 0 aliphatic carbocycles. The van der Waals surface area contributed by atoms with Crippen molar-refractivity contribution in [2.75, 3.05) is 13.8 Å². The summed E-state index contributed by atoms with van der Waals surface area (Å²) in [5, 5.41) is 7.69. The summed E-state index contributed by atoms with van der Waals surface area (Å²) >= 11 is 0. The average molecular weight is 114 g/mol. The molecule has 0 saturated heterocycles. The van der Waals surface area contributed by atoms with Crippen molar-refractivity contribution in [1.82, 2.24) is 5.48 Å². The number of nitrogens with one attached hydrogen (secondary N) is 1. The van der Waals surface area contributed by atoms with Crippen LogP contribution in [0.1, 0.15) is 0 Å². The molecule has 0 aliphatic rings. The standard InChI is InChI=1S/C2H7NO2.ClH/c1-5-2-3-4;/h3-4H,2H2,1H3;1H. The largest absolute Gasteiger partial charge is 0.367 e. The van der Waals surface area contributed by atoms with Gasteiger partial charge in [-0.3, -0.25) is 0 Å². The average Bonchev–Trinajstić information content (AvgIpc) is 1.41. The topological polar surface area (TPSA) is 41.5 Å². The van der Waals surface area contributed by atoms with Gasteiger partial charge in [-0.25, -0.2) is 0 Å². The molecule has 0 aromatic carbocycles. The van der Waals surface area contributed by atoms with E-state index in [0.717, 1.165) is 0 Å². The van der Waals surface area contributed by atoms with Crippen molar-refractivity contribution in [3.05, 3.63) is 0 Å². The molecule has 6 heavy (non-hydrogen) atoms. The lowest BCUT2D eigenvalue weighted by molar-refractivity contribution is 0.0499. The molecule has 0 aliphatic heterocycles. The second-order valence-electron chi connectivity index (χ2n) is 0.591. The van der Waals surface area contributed by atoms with Crippen LogP contribution in [-0.2, 0) is 4.74 Å². The van der Waals surface area contributed by atoms with Crippen LogP contribution in [0.2, 0.25) is 0 Å². The quantitative estimate of drug-likeness (QED) is 0.391. The van der Waals surface area contributed by atoms with Crippen LogP contribution < -0.4 is 5.48 Å². The van der Waals surface area contributed by atoms with Crippen LogP contribution in [0.15, 0.2) is 0 Å². The third kappa shape index (κ3) is 8.90. The molecule has 0 radical (unpaired) electrons. The summed E-state index contributed by atoms with van der Waals surface area (Å²) < 4.78 is 4.33. The second-order valence-corrected chi connectivity index (χ2v) is 0.591. The Balaban J connectivity index is 0. The maximum absolute atomic E-state index is 7.69. The molecule has 3 nitrogen and oxygen atoms in total. The molecule has 0 rings (SSSR count). The third-order valence-corrected chi connectivity index (χ3v) is 0.209. The van der Waals surface area contributed by atoms with Gasteiger partial charge in [0.25, 0.3) is 0 Å². The van der Waals surface area contributed by atoms with E-state index in [9.17, 15) is 0 Å². The zero-order valence-corrected chi connectivity index (χ0v) is 4.29. The highest BCUT2D eigenvalue weighted by Crippen LogP contribution is 1.48. The van der Waals surface area contributed by atoms with Crippen LogP contribution in [0.4, 0.5) is 0 Å². The Morgan fingerprint density at radius 3 is 2.33 bits per heavy atom. The van der Waals surface area contributed by atoms with E-state index in [0.29, 0.717) is 0 Å². The lowest BCUT2D eigenvalue weighted by Crippen LogP contribution is -2.09. The molecule has 40 valence electrons. The van der Waals surface area contributed by atoms with Crippen LogP contribution >= 0.6 is 12.4 Å². The highest BCUT2D eigenvalue weighted by atomic mass is 35.5. The molecule has 0 saturated carbocycles. The van der Waals surface area contributed by atoms with Gasteiger partial charge in [-0.2, -0.15) is 5.48 Å². The first-order chi connectivity index (χ1) is 2.41. The minimum absolute atomic E-state index is 0. The zero-order valence-electron chi connectivity index (χ0n) is 3.47. The maximum atomic E-state index is 7.69. The molecule has 0 heterocycles. The number of ether oxygens (including phenoxy) is 1. The monoisotopic (exact) mass is 113 g/mol. The number of rotatable bonds is 2. The zero-order chi connectivity index (χ0) is 4.12. The van der Waals surface area contributed by atoms with E-state index in [4.69, 9.17) is 5.21 Å². The molecule has 0 aromatic heterocycles. The fourth-order valence-corrected chi connectivity index (χ4v) is 0.0645. The molecule has 0 amide bonds. The van der Waals surface area contributed by atoms with Gasteiger partial charge >= 0.3 is 0 Å². The van der Waals surface area contributed by atoms with Gasteiger partial charge < -0.3 is 9.94 Å². The van der Waals surface area contributed by atoms with Crippen LogP contribution in [-0.4, -0.2) is 19.0 Å². The van der Waals surface area contributed by atoms with E-state index in [1.807, 2.05) is 0 Å². The van der Waals surface area contributed by atoms with Crippen molar-refractivity contribution in [2.45, 2.75) is 0 Å². The van der Waals surface area contributed by atoms with E-state index in [1.54, 1.807) is 5.48 Å². The third-order valence-electron chi connectivity index (χ3n) is 0.209. The summed E-state index contributed by atoms with van der Waals surface area (Å²) in [5.41, 5.74) is 1.80. The fourth-order valence-electron chi connectivity index (χ4n) is 0.0645. The first-order valence-corrected chi connectivity index (χ1v) is 1.27. The number of hydrogen-bond acceptors (Lipinski definition) is 3. The lowest BCUT2D eigenvalue weighted by Gasteiger charge is -1.87. The van der Waals surface area contributed by atoms with E-state index in [-0.39, 0.29) is 19.1 Å². The van der Waals surface area contributed by atoms with Gasteiger partial charge in [0.1, 0.15) is 6.73 Å². The minimum Gasteiger partial charge on any atom is -0.367 e. The Morgan fingerprint density at radius 1 is 1.83 bits per heavy atom. The van der Waals surface area contributed by atoms with Crippen molar-refractivity contribution >= 4 is 12.4 Å². The van der Waals surface area contributed by atoms with Crippen molar-refractivity contribution < 1.29 is 9.94 Å². The first kappa shape index (κ1) is 9.48. The minimum atomic E-state index is 0. The van der Waals surface area contributed by atoms with Crippen LogP contribution in [0.5, 0.6) is 0 Å². The van der Waals surface area contributed by atoms with Crippen LogP contribution in [0.25, 0.3) is 0 Å². The van der Waals surface area contributed by atoms with E-state index in [2.05, 4.69) is 4.74 Å². The van der Waals surface area contributed by atoms with Gasteiger partial charge in [0.2, 0.25) is 0 Å². The molecule has 0 aromatic rings. The van der Waals surface area contributed by atoms with E-state index >= 15 is 0 Å². The predicted octanol–water partition coefficient (Wildman–Crippen LogP) is -0.00910. The maximum Gasteiger partial charge on any atom is 0.118 e. The summed E-state index contributed by atoms with van der Waals surface area (Å²) in [6.07, 6.45) is 0. The van der Waals surface area contributed by atoms with Crippen LogP contribution in [0.3, 0.4) is 0 Å². The Morgan fingerprint density at radius 2 is 2.33 bits per heavy atom. The molecule has 4 heteroatoms. The summed E-state index contributed by atoms with van der Waals surface area (Å²) in [5.74, 6) is 0. The first-order valence-electron chi connectivity index (χ1n) is 1.27. The molecule has 0 atom stereocenters. The summed E-state index contributed by atoms with van der Waals surface area (Å²) in [4.78, 5) is 0. The molecule has 2 N–H and O–H groups in total. The predicted molar refractivity (Wildman–Crippen MR) is 24.0 cm³/mol. The van der Waals surface area contributed by atoms with Crippen molar-refractivity contribution in [3.63, 3.8) is 0 Å². The van der Waals surface area contributed by atoms with Crippen molar-refractivity contribution in [2.24, 2.45) is 0 Å². The van der Waals surface area contributed by atoms with Gasteiger partial charge in [-0.15, -0.1) is 12.4 Å². The second kappa shape index (κ2) is 8.95. The SMILES string of the molecule is COCNO.Cl.